The first kappa shape index (κ1) is 12.5. The zero-order chi connectivity index (χ0) is 13.9. The SMILES string of the molecule is COCc1nc(-c2cccc3cccnc23)cc(=O)[nH]1. The minimum absolute atomic E-state index is 0.199. The Morgan fingerprint density at radius 3 is 2.95 bits per heavy atom. The molecule has 0 aliphatic rings. The molecular formula is C15H13N3O2. The summed E-state index contributed by atoms with van der Waals surface area (Å²) >= 11 is 0. The van der Waals surface area contributed by atoms with Crippen molar-refractivity contribution in [2.24, 2.45) is 0 Å². The quantitative estimate of drug-likeness (QED) is 0.789. The summed E-state index contributed by atoms with van der Waals surface area (Å²) in [5, 5.41) is 1.01. The van der Waals surface area contributed by atoms with E-state index in [4.69, 9.17) is 4.74 Å². The normalized spacial score (nSPS) is 10.8. The second kappa shape index (κ2) is 5.22. The Morgan fingerprint density at radius 2 is 2.10 bits per heavy atom. The molecular weight excluding hydrogens is 254 g/mol. The van der Waals surface area contributed by atoms with Gasteiger partial charge >= 0.3 is 0 Å². The van der Waals surface area contributed by atoms with Crippen molar-refractivity contribution in [3.8, 4) is 11.3 Å². The number of aromatic amines is 1. The Hall–Kier alpha value is -2.53. The predicted octanol–water partition coefficient (Wildman–Crippen LogP) is 2.13. The number of rotatable bonds is 3. The summed E-state index contributed by atoms with van der Waals surface area (Å²) < 4.78 is 5.01. The fourth-order valence-electron chi connectivity index (χ4n) is 2.16. The average molecular weight is 267 g/mol. The number of aromatic nitrogens is 3. The molecule has 100 valence electrons. The number of para-hydroxylation sites is 1. The maximum Gasteiger partial charge on any atom is 0.251 e. The highest BCUT2D eigenvalue weighted by Crippen LogP contribution is 2.24. The van der Waals surface area contributed by atoms with Crippen molar-refractivity contribution in [2.45, 2.75) is 6.61 Å². The van der Waals surface area contributed by atoms with Crippen LogP contribution in [-0.4, -0.2) is 22.1 Å². The average Bonchev–Trinajstić information content (AvgIpc) is 2.46. The number of H-pyrrole nitrogens is 1. The van der Waals surface area contributed by atoms with Crippen molar-refractivity contribution in [1.29, 1.82) is 0 Å². The van der Waals surface area contributed by atoms with E-state index in [1.807, 2.05) is 30.3 Å². The van der Waals surface area contributed by atoms with E-state index in [0.29, 0.717) is 11.5 Å². The van der Waals surface area contributed by atoms with Gasteiger partial charge in [0.05, 0.1) is 11.2 Å². The molecule has 5 nitrogen and oxygen atoms in total. The summed E-state index contributed by atoms with van der Waals surface area (Å²) in [6.07, 6.45) is 1.73. The third-order valence-electron chi connectivity index (χ3n) is 2.98. The summed E-state index contributed by atoms with van der Waals surface area (Å²) in [6.45, 7) is 0.265. The highest BCUT2D eigenvalue weighted by molar-refractivity contribution is 5.92. The Labute approximate surface area is 115 Å². The Kier molecular flexibility index (Phi) is 3.26. The number of pyridine rings is 1. The smallest absolute Gasteiger partial charge is 0.251 e. The zero-order valence-electron chi connectivity index (χ0n) is 11.0. The molecule has 0 aliphatic carbocycles. The van der Waals surface area contributed by atoms with E-state index >= 15 is 0 Å². The van der Waals surface area contributed by atoms with Crippen molar-refractivity contribution >= 4 is 10.9 Å². The van der Waals surface area contributed by atoms with Gasteiger partial charge < -0.3 is 9.72 Å². The van der Waals surface area contributed by atoms with Crippen LogP contribution in [0.25, 0.3) is 22.2 Å². The number of fused-ring (bicyclic) bond motifs is 1. The summed E-state index contributed by atoms with van der Waals surface area (Å²) in [5.74, 6) is 0.503. The van der Waals surface area contributed by atoms with Crippen LogP contribution in [0.2, 0.25) is 0 Å². The number of methoxy groups -OCH3 is 1. The molecule has 2 aromatic heterocycles. The van der Waals surface area contributed by atoms with Crippen molar-refractivity contribution in [3.63, 3.8) is 0 Å². The lowest BCUT2D eigenvalue weighted by Crippen LogP contribution is -2.11. The number of hydrogen-bond donors (Lipinski definition) is 1. The lowest BCUT2D eigenvalue weighted by atomic mass is 10.1. The third kappa shape index (κ3) is 2.31. The van der Waals surface area contributed by atoms with E-state index in [1.165, 1.54) is 6.07 Å². The molecule has 0 aliphatic heterocycles. The van der Waals surface area contributed by atoms with Crippen molar-refractivity contribution in [1.82, 2.24) is 15.0 Å². The van der Waals surface area contributed by atoms with Gasteiger partial charge in [-0.05, 0) is 6.07 Å². The molecule has 20 heavy (non-hydrogen) atoms. The van der Waals surface area contributed by atoms with E-state index in [-0.39, 0.29) is 12.2 Å². The number of ether oxygens (including phenoxy) is 1. The topological polar surface area (TPSA) is 67.9 Å². The van der Waals surface area contributed by atoms with Gasteiger partial charge in [0.25, 0.3) is 5.56 Å². The molecule has 0 amide bonds. The van der Waals surface area contributed by atoms with Crippen LogP contribution in [0.15, 0.2) is 47.4 Å². The second-order valence-corrected chi connectivity index (χ2v) is 4.39. The minimum atomic E-state index is -0.199. The maximum absolute atomic E-state index is 11.7. The van der Waals surface area contributed by atoms with Gasteiger partial charge in [0, 0.05) is 30.3 Å². The summed E-state index contributed by atoms with van der Waals surface area (Å²) in [6, 6.07) is 11.2. The molecule has 3 aromatic rings. The van der Waals surface area contributed by atoms with E-state index in [0.717, 1.165) is 16.5 Å². The van der Waals surface area contributed by atoms with Crippen LogP contribution in [0, 0.1) is 0 Å². The molecule has 2 heterocycles. The van der Waals surface area contributed by atoms with Crippen molar-refractivity contribution in [3.05, 3.63) is 58.8 Å². The molecule has 5 heteroatoms. The first-order chi connectivity index (χ1) is 9.78. The number of benzene rings is 1. The van der Waals surface area contributed by atoms with Crippen LogP contribution in [0.3, 0.4) is 0 Å². The largest absolute Gasteiger partial charge is 0.377 e. The minimum Gasteiger partial charge on any atom is -0.377 e. The highest BCUT2D eigenvalue weighted by Gasteiger charge is 2.08. The van der Waals surface area contributed by atoms with Crippen LogP contribution < -0.4 is 5.56 Å². The second-order valence-electron chi connectivity index (χ2n) is 4.39. The molecule has 0 fully saturated rings. The molecule has 0 bridgehead atoms. The van der Waals surface area contributed by atoms with Gasteiger partial charge in [-0.1, -0.05) is 24.3 Å². The van der Waals surface area contributed by atoms with Gasteiger partial charge in [0.2, 0.25) is 0 Å². The van der Waals surface area contributed by atoms with Crippen molar-refractivity contribution < 1.29 is 4.74 Å². The van der Waals surface area contributed by atoms with Gasteiger partial charge in [-0.2, -0.15) is 0 Å². The number of hydrogen-bond acceptors (Lipinski definition) is 4. The fourth-order valence-corrected chi connectivity index (χ4v) is 2.16. The third-order valence-corrected chi connectivity index (χ3v) is 2.98. The van der Waals surface area contributed by atoms with E-state index < -0.39 is 0 Å². The maximum atomic E-state index is 11.7. The van der Waals surface area contributed by atoms with Gasteiger partial charge in [-0.3, -0.25) is 9.78 Å². The van der Waals surface area contributed by atoms with E-state index in [9.17, 15) is 4.79 Å². The van der Waals surface area contributed by atoms with Gasteiger partial charge in [-0.15, -0.1) is 0 Å². The van der Waals surface area contributed by atoms with E-state index in [1.54, 1.807) is 13.3 Å². The molecule has 0 saturated heterocycles. The molecule has 0 spiro atoms. The van der Waals surface area contributed by atoms with Crippen LogP contribution >= 0.6 is 0 Å². The molecule has 0 saturated carbocycles. The zero-order valence-corrected chi connectivity index (χ0v) is 11.0. The summed E-state index contributed by atoms with van der Waals surface area (Å²) in [7, 11) is 1.56. The molecule has 0 atom stereocenters. The first-order valence-electron chi connectivity index (χ1n) is 6.21. The van der Waals surface area contributed by atoms with Gasteiger partial charge in [-0.25, -0.2) is 4.98 Å². The molecule has 1 N–H and O–H groups in total. The van der Waals surface area contributed by atoms with Crippen LogP contribution in [0.1, 0.15) is 5.82 Å². The molecule has 0 radical (unpaired) electrons. The van der Waals surface area contributed by atoms with E-state index in [2.05, 4.69) is 15.0 Å². The van der Waals surface area contributed by atoms with Crippen molar-refractivity contribution in [2.75, 3.05) is 7.11 Å². The van der Waals surface area contributed by atoms with Crippen LogP contribution in [0.5, 0.6) is 0 Å². The van der Waals surface area contributed by atoms with Crippen LogP contribution in [-0.2, 0) is 11.3 Å². The summed E-state index contributed by atoms with van der Waals surface area (Å²) in [5.41, 5.74) is 2.07. The lowest BCUT2D eigenvalue weighted by molar-refractivity contribution is 0.177. The monoisotopic (exact) mass is 267 g/mol. The number of nitrogens with zero attached hydrogens (tertiary/aromatic N) is 2. The molecule has 1 aromatic carbocycles. The lowest BCUT2D eigenvalue weighted by Gasteiger charge is -2.06. The van der Waals surface area contributed by atoms with Crippen LogP contribution in [0.4, 0.5) is 0 Å². The molecule has 0 unspecified atom stereocenters. The summed E-state index contributed by atoms with van der Waals surface area (Å²) in [4.78, 5) is 23.2. The number of nitrogens with one attached hydrogen (secondary N) is 1. The molecule has 3 rings (SSSR count). The first-order valence-corrected chi connectivity index (χ1v) is 6.21. The Balaban J connectivity index is 2.23. The Morgan fingerprint density at radius 1 is 1.25 bits per heavy atom. The predicted molar refractivity (Wildman–Crippen MR) is 76.3 cm³/mol. The highest BCUT2D eigenvalue weighted by atomic mass is 16.5. The van der Waals surface area contributed by atoms with Gasteiger partial charge in [0.1, 0.15) is 12.4 Å². The standard InChI is InChI=1S/C15H13N3O2/c1-20-9-13-17-12(8-14(19)18-13)11-6-2-4-10-5-3-7-16-15(10)11/h2-8H,9H2,1H3,(H,17,18,19). The fraction of sp³-hybridized carbons (Fsp3) is 0.133. The van der Waals surface area contributed by atoms with Gasteiger partial charge in [0.15, 0.2) is 0 Å². The Bertz CT molecular complexity index is 806.